The molecule has 0 aliphatic heterocycles. The van der Waals surface area contributed by atoms with Crippen LogP contribution in [0.25, 0.3) is 0 Å². The molecule has 30 heavy (non-hydrogen) atoms. The van der Waals surface area contributed by atoms with Crippen LogP contribution < -0.4 is 10.0 Å². The molecule has 0 fully saturated rings. The first-order valence-electron chi connectivity index (χ1n) is 8.48. The lowest BCUT2D eigenvalue weighted by atomic mass is 10.2. The summed E-state index contributed by atoms with van der Waals surface area (Å²) in [6, 6.07) is 12.0. The van der Waals surface area contributed by atoms with Crippen molar-refractivity contribution in [2.24, 2.45) is 0 Å². The molecule has 3 rings (SSSR count). The van der Waals surface area contributed by atoms with E-state index in [1.807, 2.05) is 0 Å². The predicted octanol–water partition coefficient (Wildman–Crippen LogP) is 3.57. The van der Waals surface area contributed by atoms with Gasteiger partial charge in [0, 0.05) is 16.1 Å². The van der Waals surface area contributed by atoms with Gasteiger partial charge in [0.15, 0.2) is 5.13 Å². The second-order valence-corrected chi connectivity index (χ2v) is 8.97. The Kier molecular flexibility index (Phi) is 6.70. The number of hydrogen-bond donors (Lipinski definition) is 2. The number of amides is 1. The Morgan fingerprint density at radius 1 is 1.10 bits per heavy atom. The molecule has 8 nitrogen and oxygen atoms in total. The lowest BCUT2D eigenvalue weighted by Crippen LogP contribution is -2.15. The maximum absolute atomic E-state index is 12.4. The van der Waals surface area contributed by atoms with Crippen molar-refractivity contribution in [3.8, 4) is 0 Å². The highest BCUT2D eigenvalue weighted by atomic mass is 35.5. The van der Waals surface area contributed by atoms with Gasteiger partial charge in [-0.2, -0.15) is 0 Å². The fourth-order valence-electron chi connectivity index (χ4n) is 2.40. The number of thiazole rings is 1. The fraction of sp³-hybridized carbons (Fsp3) is 0.105. The number of sulfonamides is 1. The molecule has 1 amide bonds. The minimum absolute atomic E-state index is 0.0437. The summed E-state index contributed by atoms with van der Waals surface area (Å²) in [6.45, 7) is 0. The van der Waals surface area contributed by atoms with Crippen LogP contribution in [-0.2, 0) is 26.0 Å². The van der Waals surface area contributed by atoms with Crippen molar-refractivity contribution in [1.82, 2.24) is 4.98 Å². The third-order valence-corrected chi connectivity index (χ3v) is 6.37. The second kappa shape index (κ2) is 9.24. The number of nitrogens with one attached hydrogen (secondary N) is 2. The van der Waals surface area contributed by atoms with E-state index in [0.717, 1.165) is 11.3 Å². The number of carbonyl (C=O) groups is 2. The van der Waals surface area contributed by atoms with Crippen LogP contribution in [0, 0.1) is 0 Å². The fourth-order valence-corrected chi connectivity index (χ4v) is 4.49. The van der Waals surface area contributed by atoms with E-state index in [4.69, 9.17) is 11.6 Å². The molecule has 0 spiro atoms. The van der Waals surface area contributed by atoms with E-state index in [-0.39, 0.29) is 22.4 Å². The lowest BCUT2D eigenvalue weighted by Gasteiger charge is -2.06. The Morgan fingerprint density at radius 3 is 2.40 bits per heavy atom. The van der Waals surface area contributed by atoms with Crippen LogP contribution in [-0.4, -0.2) is 32.4 Å². The molecule has 11 heteroatoms. The van der Waals surface area contributed by atoms with Crippen LogP contribution in [0.4, 0.5) is 10.8 Å². The number of carbonyl (C=O) groups excluding carboxylic acids is 2. The first-order chi connectivity index (χ1) is 14.3. The van der Waals surface area contributed by atoms with Gasteiger partial charge in [0.1, 0.15) is 0 Å². The van der Waals surface area contributed by atoms with Gasteiger partial charge in [0.25, 0.3) is 10.0 Å². The van der Waals surface area contributed by atoms with Crippen molar-refractivity contribution in [2.45, 2.75) is 11.3 Å². The zero-order valence-electron chi connectivity index (χ0n) is 15.6. The van der Waals surface area contributed by atoms with E-state index in [9.17, 15) is 18.0 Å². The monoisotopic (exact) mass is 465 g/mol. The van der Waals surface area contributed by atoms with Crippen LogP contribution in [0.3, 0.4) is 0 Å². The van der Waals surface area contributed by atoms with Gasteiger partial charge in [0.05, 0.1) is 29.7 Å². The Bertz CT molecular complexity index is 1160. The number of ether oxygens (including phenoxy) is 1. The number of halogens is 1. The number of rotatable bonds is 7. The van der Waals surface area contributed by atoms with Crippen LogP contribution in [0.2, 0.25) is 5.02 Å². The molecule has 156 valence electrons. The summed E-state index contributed by atoms with van der Waals surface area (Å²) >= 11 is 6.85. The molecule has 1 heterocycles. The standard InChI is InChI=1S/C19H16ClN3O5S2/c1-28-18(25)12-2-6-14(7-3-12)21-17(24)10-15-11-29-19(22-15)23-30(26,27)16-8-4-13(20)5-9-16/h2-9,11H,10H2,1H3,(H,21,24)(H,22,23). The molecule has 0 radical (unpaired) electrons. The zero-order chi connectivity index (χ0) is 21.7. The van der Waals surface area contributed by atoms with Crippen molar-refractivity contribution in [3.63, 3.8) is 0 Å². The van der Waals surface area contributed by atoms with E-state index >= 15 is 0 Å². The van der Waals surface area contributed by atoms with Crippen molar-refractivity contribution in [1.29, 1.82) is 0 Å². The van der Waals surface area contributed by atoms with Gasteiger partial charge < -0.3 is 10.1 Å². The van der Waals surface area contributed by atoms with Gasteiger partial charge in [-0.05, 0) is 48.5 Å². The Labute approximate surface area is 181 Å². The van der Waals surface area contributed by atoms with E-state index in [1.165, 1.54) is 43.5 Å². The Morgan fingerprint density at radius 2 is 1.77 bits per heavy atom. The second-order valence-electron chi connectivity index (χ2n) is 6.00. The molecular weight excluding hydrogens is 450 g/mol. The van der Waals surface area contributed by atoms with Crippen molar-refractivity contribution >= 4 is 55.7 Å². The normalized spacial score (nSPS) is 11.0. The lowest BCUT2D eigenvalue weighted by molar-refractivity contribution is -0.115. The Hall–Kier alpha value is -2.95. The third-order valence-electron chi connectivity index (χ3n) is 3.83. The van der Waals surface area contributed by atoms with Crippen LogP contribution >= 0.6 is 22.9 Å². The molecule has 0 aliphatic rings. The molecule has 2 N–H and O–H groups in total. The maximum Gasteiger partial charge on any atom is 0.337 e. The van der Waals surface area contributed by atoms with Crippen LogP contribution in [0.15, 0.2) is 58.8 Å². The minimum Gasteiger partial charge on any atom is -0.465 e. The number of methoxy groups -OCH3 is 1. The van der Waals surface area contributed by atoms with Crippen molar-refractivity contribution < 1.29 is 22.7 Å². The minimum atomic E-state index is -3.81. The molecule has 1 aromatic heterocycles. The van der Waals surface area contributed by atoms with E-state index in [2.05, 4.69) is 19.8 Å². The number of benzene rings is 2. The summed E-state index contributed by atoms with van der Waals surface area (Å²) in [6.07, 6.45) is -0.0437. The van der Waals surface area contributed by atoms with Crippen LogP contribution in [0.5, 0.6) is 0 Å². The van der Waals surface area contributed by atoms with Gasteiger partial charge >= 0.3 is 5.97 Å². The SMILES string of the molecule is COC(=O)c1ccc(NC(=O)Cc2csc(NS(=O)(=O)c3ccc(Cl)cc3)n2)cc1. The molecule has 0 unspecified atom stereocenters. The summed E-state index contributed by atoms with van der Waals surface area (Å²) in [5, 5.41) is 4.86. The average molecular weight is 466 g/mol. The summed E-state index contributed by atoms with van der Waals surface area (Å²) in [5.74, 6) is -0.804. The topological polar surface area (TPSA) is 114 Å². The number of aromatic nitrogens is 1. The van der Waals surface area contributed by atoms with Gasteiger partial charge in [-0.3, -0.25) is 9.52 Å². The molecule has 0 saturated carbocycles. The van der Waals surface area contributed by atoms with Crippen molar-refractivity contribution in [3.05, 3.63) is 70.2 Å². The molecule has 2 aromatic carbocycles. The van der Waals surface area contributed by atoms with Gasteiger partial charge in [-0.25, -0.2) is 18.2 Å². The maximum atomic E-state index is 12.4. The molecule has 0 saturated heterocycles. The zero-order valence-corrected chi connectivity index (χ0v) is 18.0. The number of nitrogens with zero attached hydrogens (tertiary/aromatic N) is 1. The molecular formula is C19H16ClN3O5S2. The first-order valence-corrected chi connectivity index (χ1v) is 11.2. The largest absolute Gasteiger partial charge is 0.465 e. The highest BCUT2D eigenvalue weighted by Crippen LogP contribution is 2.22. The Balaban J connectivity index is 1.60. The smallest absolute Gasteiger partial charge is 0.337 e. The van der Waals surface area contributed by atoms with Crippen LogP contribution in [0.1, 0.15) is 16.1 Å². The summed E-state index contributed by atoms with van der Waals surface area (Å²) in [5.41, 5.74) is 1.29. The highest BCUT2D eigenvalue weighted by molar-refractivity contribution is 7.93. The number of esters is 1. The van der Waals surface area contributed by atoms with Gasteiger partial charge in [-0.15, -0.1) is 11.3 Å². The van der Waals surface area contributed by atoms with Crippen molar-refractivity contribution in [2.75, 3.05) is 17.1 Å². The molecule has 0 bridgehead atoms. The van der Waals surface area contributed by atoms with E-state index in [0.29, 0.717) is 22.0 Å². The van der Waals surface area contributed by atoms with E-state index in [1.54, 1.807) is 17.5 Å². The molecule has 0 atom stereocenters. The molecule has 0 aliphatic carbocycles. The summed E-state index contributed by atoms with van der Waals surface area (Å²) in [4.78, 5) is 27.8. The predicted molar refractivity (Wildman–Crippen MR) is 114 cm³/mol. The summed E-state index contributed by atoms with van der Waals surface area (Å²) < 4.78 is 31.8. The molecule has 3 aromatic rings. The first kappa shape index (κ1) is 21.8. The highest BCUT2D eigenvalue weighted by Gasteiger charge is 2.17. The average Bonchev–Trinajstić information content (AvgIpc) is 3.14. The van der Waals surface area contributed by atoms with Gasteiger partial charge in [-0.1, -0.05) is 11.6 Å². The number of anilines is 2. The van der Waals surface area contributed by atoms with E-state index < -0.39 is 16.0 Å². The quantitative estimate of drug-likeness (QED) is 0.515. The summed E-state index contributed by atoms with van der Waals surface area (Å²) in [7, 11) is -2.52. The third kappa shape index (κ3) is 5.56. The number of hydrogen-bond acceptors (Lipinski definition) is 7. The van der Waals surface area contributed by atoms with Gasteiger partial charge in [0.2, 0.25) is 5.91 Å².